The third-order valence-electron chi connectivity index (χ3n) is 0.736. The van der Waals surface area contributed by atoms with Crippen LogP contribution in [0.5, 0.6) is 0 Å². The van der Waals surface area contributed by atoms with Gasteiger partial charge < -0.3 is 9.52 Å². The highest BCUT2D eigenvalue weighted by Crippen LogP contribution is 1.96. The highest BCUT2D eigenvalue weighted by Gasteiger charge is 1.85. The van der Waals surface area contributed by atoms with E-state index in [1.54, 1.807) is 12.1 Å². The van der Waals surface area contributed by atoms with Crippen LogP contribution in [0.25, 0.3) is 0 Å². The van der Waals surface area contributed by atoms with Crippen LogP contribution in [0.2, 0.25) is 0 Å². The molecule has 1 heterocycles. The van der Waals surface area contributed by atoms with Crippen LogP contribution in [-0.2, 0) is 6.61 Å². The van der Waals surface area contributed by atoms with Gasteiger partial charge in [0.1, 0.15) is 12.4 Å². The summed E-state index contributed by atoms with van der Waals surface area (Å²) in [4.78, 5) is 0. The predicted molar refractivity (Wildman–Crippen MR) is 50.0 cm³/mol. The van der Waals surface area contributed by atoms with E-state index in [2.05, 4.69) is 0 Å². The molecule has 0 radical (unpaired) electrons. The van der Waals surface area contributed by atoms with E-state index in [1.165, 1.54) is 6.26 Å². The minimum Gasteiger partial charge on any atom is -0.467 e. The lowest BCUT2D eigenvalue weighted by molar-refractivity contribution is 0.247. The number of halogens is 1. The molecular weight excluding hydrogens is 246 g/mol. The van der Waals surface area contributed by atoms with E-state index in [0.29, 0.717) is 5.76 Å². The molecule has 0 atom stereocenters. The number of furan rings is 1. The van der Waals surface area contributed by atoms with E-state index in [1.807, 2.05) is 0 Å². The van der Waals surface area contributed by atoms with Crippen molar-refractivity contribution in [1.29, 1.82) is 0 Å². The zero-order chi connectivity index (χ0) is 5.11. The maximum atomic E-state index is 8.33. The van der Waals surface area contributed by atoms with Crippen molar-refractivity contribution >= 4 is 41.3 Å². The Kier molecular flexibility index (Phi) is 8.98. The molecule has 1 rings (SSSR count). The van der Waals surface area contributed by atoms with E-state index in [4.69, 9.17) is 9.52 Å². The molecule has 0 saturated heterocycles. The van der Waals surface area contributed by atoms with Crippen LogP contribution in [0.4, 0.5) is 0 Å². The fraction of sp³-hybridized carbons (Fsp3) is 0.200. The van der Waals surface area contributed by atoms with Crippen molar-refractivity contribution in [2.45, 2.75) is 6.61 Å². The maximum absolute atomic E-state index is 8.33. The Labute approximate surface area is 81.4 Å². The molecule has 0 saturated carbocycles. The Morgan fingerprint density at radius 3 is 2.44 bits per heavy atom. The molecule has 0 spiro atoms. The summed E-state index contributed by atoms with van der Waals surface area (Å²) in [6, 6.07) is 3.46. The van der Waals surface area contributed by atoms with Crippen molar-refractivity contribution < 1.29 is 9.52 Å². The Hall–Kier alpha value is 0.502. The molecule has 0 bridgehead atoms. The van der Waals surface area contributed by atoms with Gasteiger partial charge in [-0.15, -0.1) is 24.0 Å². The zero-order valence-corrected chi connectivity index (χ0v) is 6.53. The van der Waals surface area contributed by atoms with E-state index in [0.717, 1.165) is 0 Å². The quantitative estimate of drug-likeness (QED) is 0.575. The number of aliphatic hydroxyl groups is 1. The summed E-state index contributed by atoms with van der Waals surface area (Å²) in [5, 5.41) is 8.33. The van der Waals surface area contributed by atoms with Crippen molar-refractivity contribution in [2.75, 3.05) is 0 Å². The van der Waals surface area contributed by atoms with Crippen molar-refractivity contribution in [2.24, 2.45) is 0 Å². The van der Waals surface area contributed by atoms with Crippen LogP contribution in [0.15, 0.2) is 22.8 Å². The van der Waals surface area contributed by atoms with Gasteiger partial charge in [-0.05, 0) is 12.1 Å². The van der Waals surface area contributed by atoms with Crippen LogP contribution >= 0.6 is 24.0 Å². The second kappa shape index (κ2) is 6.62. The molecule has 1 aromatic rings. The average molecular weight is 256 g/mol. The van der Waals surface area contributed by atoms with E-state index >= 15 is 0 Å². The van der Waals surface area contributed by atoms with E-state index in [-0.39, 0.29) is 47.9 Å². The molecule has 0 unspecified atom stereocenters. The number of rotatable bonds is 1. The minimum absolute atomic E-state index is 0. The number of hydrogen-bond donors (Lipinski definition) is 1. The summed E-state index contributed by atoms with van der Waals surface area (Å²) in [6.07, 6.45) is 1.53. The predicted octanol–water partition coefficient (Wildman–Crippen LogP) is 0.206. The summed E-state index contributed by atoms with van der Waals surface area (Å²) in [7, 11) is 0. The third kappa shape index (κ3) is 3.98. The average Bonchev–Trinajstić information content (AvgIpc) is 2.14. The van der Waals surface area contributed by atoms with Crippen LogP contribution in [0, 0.1) is 0 Å². The minimum atomic E-state index is -0.00694. The summed E-state index contributed by atoms with van der Waals surface area (Å²) in [6.45, 7) is -0.00694. The van der Waals surface area contributed by atoms with Gasteiger partial charge in [-0.25, -0.2) is 0 Å². The van der Waals surface area contributed by atoms with Crippen molar-refractivity contribution in [3.63, 3.8) is 0 Å². The second-order valence-corrected chi connectivity index (χ2v) is 1.24. The fourth-order valence-corrected chi connectivity index (χ4v) is 0.403. The van der Waals surface area contributed by atoms with Crippen molar-refractivity contribution in [1.82, 2.24) is 0 Å². The van der Waals surface area contributed by atoms with Gasteiger partial charge in [0.25, 0.3) is 0 Å². The van der Waals surface area contributed by atoms with Crippen LogP contribution in [0.3, 0.4) is 0 Å². The molecule has 4 heteroatoms. The standard InChI is InChI=1S/C5H6O2.Al.HI.3H/c6-4-5-2-1-3-7-5;;;;;/h1-3,6H,4H2;;1H;;;. The van der Waals surface area contributed by atoms with Gasteiger partial charge in [-0.1, -0.05) is 0 Å². The normalized spacial score (nSPS) is 7.22. The second-order valence-electron chi connectivity index (χ2n) is 1.24. The Morgan fingerprint density at radius 1 is 1.56 bits per heavy atom. The molecule has 2 nitrogen and oxygen atoms in total. The Morgan fingerprint density at radius 2 is 2.22 bits per heavy atom. The van der Waals surface area contributed by atoms with Gasteiger partial charge in [0, 0.05) is 0 Å². The first-order valence-electron chi connectivity index (χ1n) is 2.06. The summed E-state index contributed by atoms with van der Waals surface area (Å²) >= 11 is 0. The third-order valence-corrected chi connectivity index (χ3v) is 0.736. The first kappa shape index (κ1) is 12.2. The van der Waals surface area contributed by atoms with Gasteiger partial charge >= 0.3 is 0 Å². The van der Waals surface area contributed by atoms with Gasteiger partial charge in [0.05, 0.1) is 6.26 Å². The summed E-state index contributed by atoms with van der Waals surface area (Å²) in [5.74, 6) is 0.611. The van der Waals surface area contributed by atoms with Gasteiger partial charge in [0.15, 0.2) is 17.4 Å². The lowest BCUT2D eigenvalue weighted by atomic mass is 10.5. The summed E-state index contributed by atoms with van der Waals surface area (Å²) in [5.41, 5.74) is 0. The van der Waals surface area contributed by atoms with Crippen LogP contribution in [-0.4, -0.2) is 22.5 Å². The lowest BCUT2D eigenvalue weighted by Gasteiger charge is -1.79. The molecule has 0 aliphatic carbocycles. The molecule has 0 aliphatic rings. The van der Waals surface area contributed by atoms with Crippen LogP contribution in [0.1, 0.15) is 5.76 Å². The van der Waals surface area contributed by atoms with Gasteiger partial charge in [-0.2, -0.15) is 0 Å². The highest BCUT2D eigenvalue weighted by atomic mass is 127. The topological polar surface area (TPSA) is 33.4 Å². The van der Waals surface area contributed by atoms with Crippen LogP contribution < -0.4 is 0 Å². The molecule has 1 aromatic heterocycles. The Bertz CT molecular complexity index is 130. The smallest absolute Gasteiger partial charge is 0.187 e. The largest absolute Gasteiger partial charge is 0.467 e. The van der Waals surface area contributed by atoms with Crippen molar-refractivity contribution in [3.8, 4) is 0 Å². The van der Waals surface area contributed by atoms with Crippen molar-refractivity contribution in [3.05, 3.63) is 24.2 Å². The van der Waals surface area contributed by atoms with E-state index in [9.17, 15) is 0 Å². The molecule has 0 fully saturated rings. The SMILES string of the molecule is I.OCc1ccco1.[AlH3]. The maximum Gasteiger partial charge on any atom is 0.187 e. The molecular formula is C5H10AlIO2. The summed E-state index contributed by atoms with van der Waals surface area (Å²) < 4.78 is 4.73. The molecule has 52 valence electrons. The first-order chi connectivity index (χ1) is 3.43. The first-order valence-corrected chi connectivity index (χ1v) is 2.06. The monoisotopic (exact) mass is 256 g/mol. The molecule has 9 heavy (non-hydrogen) atoms. The molecule has 0 aromatic carbocycles. The molecule has 0 amide bonds. The highest BCUT2D eigenvalue weighted by molar-refractivity contribution is 14.0. The number of hydrogen-bond acceptors (Lipinski definition) is 2. The molecule has 0 aliphatic heterocycles. The van der Waals surface area contributed by atoms with E-state index < -0.39 is 0 Å². The number of aliphatic hydroxyl groups excluding tert-OH is 1. The zero-order valence-electron chi connectivity index (χ0n) is 4.20. The fourth-order valence-electron chi connectivity index (χ4n) is 0.403. The Balaban J connectivity index is 0. The lowest BCUT2D eigenvalue weighted by Crippen LogP contribution is -1.72. The van der Waals surface area contributed by atoms with Gasteiger partial charge in [-0.3, -0.25) is 0 Å². The van der Waals surface area contributed by atoms with Gasteiger partial charge in [0.2, 0.25) is 0 Å². The molecule has 1 N–H and O–H groups in total.